The fourth-order valence-corrected chi connectivity index (χ4v) is 11.5. The molecule has 0 saturated carbocycles. The van der Waals surface area contributed by atoms with Gasteiger partial charge in [-0.25, -0.2) is 9.13 Å². The molecule has 0 heterocycles. The molecular formula is C67H130O17P2. The molecule has 0 saturated heterocycles. The van der Waals surface area contributed by atoms with Gasteiger partial charge < -0.3 is 33.8 Å². The number of aliphatic hydroxyl groups is 1. The maximum Gasteiger partial charge on any atom is 0.472 e. The molecule has 0 aromatic carbocycles. The average Bonchev–Trinajstić information content (AvgIpc) is 3.57. The van der Waals surface area contributed by atoms with Crippen LogP contribution in [0.5, 0.6) is 0 Å². The first-order chi connectivity index (χ1) is 41.1. The summed E-state index contributed by atoms with van der Waals surface area (Å²) in [5.74, 6) is 0.790. The minimum Gasteiger partial charge on any atom is -0.462 e. The number of hydrogen-bond acceptors (Lipinski definition) is 15. The standard InChI is InChI=1S/C67H130O17P2/c1-9-60(8)46-38-30-20-16-13-14-18-22-34-42-50-67(72)84-63(54-78-65(70)48-40-32-26-24-29-37-45-59(6)7)56-82-86(75,76)80-52-61(68)51-79-85(73,74)81-55-62(53-77-64(69)47-39-31-25-23-28-36-44-58(4)5)83-66(71)49-41-33-21-17-12-10-11-15-19-27-35-43-57(2)3/h57-63,68H,9-56H2,1-8H3,(H,73,74)(H,75,76)/t60?,61-,62-,63-/m1/s1. The van der Waals surface area contributed by atoms with Crippen molar-refractivity contribution < 1.29 is 80.2 Å². The van der Waals surface area contributed by atoms with E-state index in [1.165, 1.54) is 116 Å². The summed E-state index contributed by atoms with van der Waals surface area (Å²) in [6.45, 7) is 14.0. The van der Waals surface area contributed by atoms with E-state index in [2.05, 4.69) is 55.4 Å². The third kappa shape index (κ3) is 59.7. The largest absolute Gasteiger partial charge is 0.472 e. The minimum absolute atomic E-state index is 0.104. The van der Waals surface area contributed by atoms with Gasteiger partial charge in [-0.3, -0.25) is 37.3 Å². The summed E-state index contributed by atoms with van der Waals surface area (Å²) in [7, 11) is -9.90. The zero-order chi connectivity index (χ0) is 63.9. The smallest absolute Gasteiger partial charge is 0.462 e. The van der Waals surface area contributed by atoms with Gasteiger partial charge in [0.05, 0.1) is 26.4 Å². The predicted molar refractivity (Wildman–Crippen MR) is 344 cm³/mol. The number of unbranched alkanes of at least 4 members (excludes halogenated alkanes) is 29. The van der Waals surface area contributed by atoms with Crippen molar-refractivity contribution in [1.82, 2.24) is 0 Å². The summed E-state index contributed by atoms with van der Waals surface area (Å²) in [6, 6.07) is 0. The molecule has 510 valence electrons. The Labute approximate surface area is 524 Å². The van der Waals surface area contributed by atoms with Crippen LogP contribution in [0.15, 0.2) is 0 Å². The van der Waals surface area contributed by atoms with Crippen molar-refractivity contribution in [3.63, 3.8) is 0 Å². The lowest BCUT2D eigenvalue weighted by Crippen LogP contribution is -2.30. The Balaban J connectivity index is 5.24. The van der Waals surface area contributed by atoms with Gasteiger partial charge in [-0.05, 0) is 49.4 Å². The van der Waals surface area contributed by atoms with Crippen LogP contribution in [-0.4, -0.2) is 96.7 Å². The van der Waals surface area contributed by atoms with Gasteiger partial charge >= 0.3 is 39.5 Å². The van der Waals surface area contributed by atoms with Gasteiger partial charge in [0.25, 0.3) is 0 Å². The van der Waals surface area contributed by atoms with E-state index in [1.807, 2.05) is 0 Å². The van der Waals surface area contributed by atoms with Crippen molar-refractivity contribution in [3.8, 4) is 0 Å². The van der Waals surface area contributed by atoms with Crippen molar-refractivity contribution in [2.24, 2.45) is 23.7 Å². The lowest BCUT2D eigenvalue weighted by molar-refractivity contribution is -0.161. The van der Waals surface area contributed by atoms with Crippen LogP contribution in [0.4, 0.5) is 0 Å². The molecule has 0 bridgehead atoms. The summed E-state index contributed by atoms with van der Waals surface area (Å²) in [4.78, 5) is 72.3. The van der Waals surface area contributed by atoms with Crippen molar-refractivity contribution >= 4 is 39.5 Å². The Bertz CT molecular complexity index is 1720. The zero-order valence-corrected chi connectivity index (χ0v) is 57.7. The van der Waals surface area contributed by atoms with Gasteiger partial charge in [-0.2, -0.15) is 0 Å². The Kier molecular flexibility index (Phi) is 55.7. The first kappa shape index (κ1) is 84.1. The Morgan fingerprint density at radius 2 is 0.558 bits per heavy atom. The highest BCUT2D eigenvalue weighted by Crippen LogP contribution is 2.45. The molecule has 0 aliphatic rings. The molecule has 0 radical (unpaired) electrons. The highest BCUT2D eigenvalue weighted by atomic mass is 31.2. The molecule has 0 aromatic rings. The van der Waals surface area contributed by atoms with E-state index in [4.69, 9.17) is 37.0 Å². The Morgan fingerprint density at radius 3 is 0.826 bits per heavy atom. The first-order valence-electron chi connectivity index (χ1n) is 34.7. The molecule has 0 spiro atoms. The van der Waals surface area contributed by atoms with Crippen LogP contribution in [-0.2, 0) is 65.4 Å². The van der Waals surface area contributed by atoms with Crippen LogP contribution < -0.4 is 0 Å². The lowest BCUT2D eigenvalue weighted by atomic mass is 9.99. The van der Waals surface area contributed by atoms with Crippen molar-refractivity contribution in [2.45, 2.75) is 343 Å². The van der Waals surface area contributed by atoms with Gasteiger partial charge in [0.15, 0.2) is 12.2 Å². The first-order valence-corrected chi connectivity index (χ1v) is 37.7. The number of phosphoric ester groups is 2. The molecule has 0 rings (SSSR count). The van der Waals surface area contributed by atoms with E-state index in [0.717, 1.165) is 115 Å². The molecule has 0 amide bonds. The Hall–Kier alpha value is -1.94. The molecule has 17 nitrogen and oxygen atoms in total. The number of rotatable bonds is 64. The quantitative estimate of drug-likeness (QED) is 0.0222. The topological polar surface area (TPSA) is 237 Å². The van der Waals surface area contributed by atoms with Crippen LogP contribution in [0, 0.1) is 23.7 Å². The van der Waals surface area contributed by atoms with E-state index < -0.39 is 97.5 Å². The number of carbonyl (C=O) groups is 4. The summed E-state index contributed by atoms with van der Waals surface area (Å²) in [5, 5.41) is 10.6. The number of aliphatic hydroxyl groups excluding tert-OH is 1. The van der Waals surface area contributed by atoms with Crippen LogP contribution in [0.25, 0.3) is 0 Å². The van der Waals surface area contributed by atoms with Gasteiger partial charge in [-0.15, -0.1) is 0 Å². The second-order valence-electron chi connectivity index (χ2n) is 25.9. The molecule has 0 aliphatic heterocycles. The fourth-order valence-electron chi connectivity index (χ4n) is 9.93. The minimum atomic E-state index is -4.95. The second-order valence-corrected chi connectivity index (χ2v) is 28.8. The van der Waals surface area contributed by atoms with Crippen LogP contribution in [0.2, 0.25) is 0 Å². The SMILES string of the molecule is CCC(C)CCCCCCCCCCCCC(=O)O[C@H](COC(=O)CCCCCCCCC(C)C)COP(=O)(O)OC[C@H](O)COP(=O)(O)OC[C@@H](COC(=O)CCCCCCCCC(C)C)OC(=O)CCCCCCCCCCCCCC(C)C. The third-order valence-electron chi connectivity index (χ3n) is 15.7. The average molecular weight is 1270 g/mol. The molecule has 86 heavy (non-hydrogen) atoms. The van der Waals surface area contributed by atoms with Crippen molar-refractivity contribution in [1.29, 1.82) is 0 Å². The van der Waals surface area contributed by atoms with Crippen molar-refractivity contribution in [2.75, 3.05) is 39.6 Å². The summed E-state index contributed by atoms with van der Waals surface area (Å²) in [6.07, 6.45) is 37.8. The van der Waals surface area contributed by atoms with E-state index in [1.54, 1.807) is 0 Å². The van der Waals surface area contributed by atoms with E-state index in [9.17, 15) is 43.2 Å². The van der Waals surface area contributed by atoms with E-state index in [0.29, 0.717) is 37.5 Å². The van der Waals surface area contributed by atoms with Crippen LogP contribution >= 0.6 is 15.6 Å². The highest BCUT2D eigenvalue weighted by Gasteiger charge is 2.30. The molecule has 19 heteroatoms. The predicted octanol–water partition coefficient (Wildman–Crippen LogP) is 18.5. The number of phosphoric acid groups is 2. The molecule has 0 aromatic heterocycles. The van der Waals surface area contributed by atoms with Crippen molar-refractivity contribution in [3.05, 3.63) is 0 Å². The Morgan fingerprint density at radius 1 is 0.326 bits per heavy atom. The zero-order valence-electron chi connectivity index (χ0n) is 55.9. The van der Waals surface area contributed by atoms with Gasteiger partial charge in [0, 0.05) is 25.7 Å². The summed E-state index contributed by atoms with van der Waals surface area (Å²) < 4.78 is 68.1. The molecule has 3 N–H and O–H groups in total. The number of ether oxygens (including phenoxy) is 4. The maximum absolute atomic E-state index is 13.0. The van der Waals surface area contributed by atoms with Crippen LogP contribution in [0.1, 0.15) is 325 Å². The highest BCUT2D eigenvalue weighted by molar-refractivity contribution is 7.47. The van der Waals surface area contributed by atoms with Gasteiger partial charge in [0.1, 0.15) is 19.3 Å². The summed E-state index contributed by atoms with van der Waals surface area (Å²) >= 11 is 0. The molecule has 6 atom stereocenters. The number of esters is 4. The monoisotopic (exact) mass is 1270 g/mol. The van der Waals surface area contributed by atoms with E-state index in [-0.39, 0.29) is 25.7 Å². The molecule has 3 unspecified atom stereocenters. The number of hydrogen-bond donors (Lipinski definition) is 3. The number of carbonyl (C=O) groups excluding carboxylic acids is 4. The lowest BCUT2D eigenvalue weighted by Gasteiger charge is -2.21. The molecule has 0 aliphatic carbocycles. The fraction of sp³-hybridized carbons (Fsp3) is 0.940. The van der Waals surface area contributed by atoms with Gasteiger partial charge in [-0.1, -0.05) is 274 Å². The second kappa shape index (κ2) is 57.0. The maximum atomic E-state index is 13.0. The normalized spacial score (nSPS) is 14.7. The summed E-state index contributed by atoms with van der Waals surface area (Å²) in [5.41, 5.74) is 0. The third-order valence-corrected chi connectivity index (χ3v) is 17.6. The molecular weight excluding hydrogens is 1140 g/mol. The van der Waals surface area contributed by atoms with E-state index >= 15 is 0 Å². The molecule has 0 fully saturated rings. The van der Waals surface area contributed by atoms with Gasteiger partial charge in [0.2, 0.25) is 0 Å². The van der Waals surface area contributed by atoms with Crippen LogP contribution in [0.3, 0.4) is 0 Å².